The molecule has 2 heterocycles. The predicted molar refractivity (Wildman–Crippen MR) is 112 cm³/mol. The molecule has 0 saturated carbocycles. The van der Waals surface area contributed by atoms with Crippen molar-refractivity contribution >= 4 is 15.5 Å². The zero-order chi connectivity index (χ0) is 21.0. The number of nitro benzene ring substituents is 1. The van der Waals surface area contributed by atoms with Gasteiger partial charge in [-0.3, -0.25) is 19.9 Å². The van der Waals surface area contributed by atoms with Gasteiger partial charge in [-0.15, -0.1) is 0 Å². The third kappa shape index (κ3) is 5.95. The molecule has 10 heteroatoms. The lowest BCUT2D eigenvalue weighted by Gasteiger charge is -2.41. The van der Waals surface area contributed by atoms with E-state index < -0.39 is 14.8 Å². The first-order valence-corrected chi connectivity index (χ1v) is 11.7. The summed E-state index contributed by atoms with van der Waals surface area (Å²) in [5, 5.41) is 10.9. The molecule has 0 amide bonds. The number of sulfone groups is 1. The second-order valence-corrected chi connectivity index (χ2v) is 10.2. The molecule has 1 atom stereocenters. The van der Waals surface area contributed by atoms with Crippen molar-refractivity contribution in [3.63, 3.8) is 0 Å². The number of hydrogen-bond acceptors (Lipinski definition) is 8. The summed E-state index contributed by atoms with van der Waals surface area (Å²) in [5.41, 5.74) is -0.1000. The van der Waals surface area contributed by atoms with Crippen molar-refractivity contribution in [3.8, 4) is 0 Å². The molecule has 162 valence electrons. The molecule has 2 saturated heterocycles. The standard InChI is InChI=1S/C19H31N5O4S/c1-20-7-11-22(12-8-20)15-18(23-13-9-21(2)10-14-23)16-29(27,28)19-5-3-17(4-6-19)24(25)26/h3-6,18H,7-16H2,1-2H3/t18-/m1/s1. The van der Waals surface area contributed by atoms with Gasteiger partial charge in [0.1, 0.15) is 0 Å². The first-order chi connectivity index (χ1) is 13.7. The third-order valence-electron chi connectivity index (χ3n) is 5.94. The lowest BCUT2D eigenvalue weighted by atomic mass is 10.2. The molecule has 0 unspecified atom stereocenters. The quantitative estimate of drug-likeness (QED) is 0.453. The van der Waals surface area contributed by atoms with E-state index in [1.807, 2.05) is 0 Å². The van der Waals surface area contributed by atoms with Crippen molar-refractivity contribution in [1.82, 2.24) is 19.6 Å². The maximum Gasteiger partial charge on any atom is 0.269 e. The van der Waals surface area contributed by atoms with Gasteiger partial charge in [0.05, 0.1) is 15.6 Å². The number of benzene rings is 1. The van der Waals surface area contributed by atoms with Gasteiger partial charge in [0, 0.05) is 77.1 Å². The van der Waals surface area contributed by atoms with Crippen molar-refractivity contribution in [2.45, 2.75) is 10.9 Å². The molecule has 2 fully saturated rings. The molecule has 29 heavy (non-hydrogen) atoms. The van der Waals surface area contributed by atoms with Crippen LogP contribution < -0.4 is 0 Å². The summed E-state index contributed by atoms with van der Waals surface area (Å²) in [6.45, 7) is 8.15. The van der Waals surface area contributed by atoms with Crippen LogP contribution in [0, 0.1) is 10.1 Å². The minimum absolute atomic E-state index is 0.0286. The Labute approximate surface area is 172 Å². The maximum atomic E-state index is 13.1. The van der Waals surface area contributed by atoms with Crippen LogP contribution in [0.25, 0.3) is 0 Å². The van der Waals surface area contributed by atoms with E-state index in [0.717, 1.165) is 58.9 Å². The fourth-order valence-electron chi connectivity index (χ4n) is 3.91. The van der Waals surface area contributed by atoms with E-state index in [0.29, 0.717) is 0 Å². The Morgan fingerprint density at radius 2 is 1.45 bits per heavy atom. The van der Waals surface area contributed by atoms with E-state index >= 15 is 0 Å². The van der Waals surface area contributed by atoms with E-state index in [2.05, 4.69) is 33.7 Å². The maximum absolute atomic E-state index is 13.1. The Morgan fingerprint density at radius 3 is 1.97 bits per heavy atom. The van der Waals surface area contributed by atoms with Crippen LogP contribution in [0.15, 0.2) is 29.2 Å². The summed E-state index contributed by atoms with van der Waals surface area (Å²) >= 11 is 0. The first-order valence-electron chi connectivity index (χ1n) is 10.1. The van der Waals surface area contributed by atoms with Crippen molar-refractivity contribution in [3.05, 3.63) is 34.4 Å². The number of rotatable bonds is 7. The predicted octanol–water partition coefficient (Wildman–Crippen LogP) is 0.232. The second kappa shape index (κ2) is 9.48. The summed E-state index contributed by atoms with van der Waals surface area (Å²) in [4.78, 5) is 19.7. The highest BCUT2D eigenvalue weighted by Crippen LogP contribution is 2.20. The van der Waals surface area contributed by atoms with Gasteiger partial charge in [-0.2, -0.15) is 0 Å². The Hall–Kier alpha value is -1.59. The Kier molecular flexibility index (Phi) is 7.23. The molecule has 9 nitrogen and oxygen atoms in total. The van der Waals surface area contributed by atoms with Crippen molar-refractivity contribution in [2.24, 2.45) is 0 Å². The summed E-state index contributed by atoms with van der Waals surface area (Å²) in [6, 6.07) is 5.14. The average molecular weight is 426 g/mol. The van der Waals surface area contributed by atoms with Gasteiger partial charge in [-0.25, -0.2) is 8.42 Å². The number of piperazine rings is 2. The van der Waals surface area contributed by atoms with E-state index in [9.17, 15) is 18.5 Å². The number of hydrogen-bond donors (Lipinski definition) is 0. The Balaban J connectivity index is 1.74. The van der Waals surface area contributed by atoms with Crippen LogP contribution in [-0.2, 0) is 9.84 Å². The Morgan fingerprint density at radius 1 is 0.931 bits per heavy atom. The highest BCUT2D eigenvalue weighted by Gasteiger charge is 2.30. The van der Waals surface area contributed by atoms with Gasteiger partial charge < -0.3 is 9.80 Å². The number of non-ortho nitro benzene ring substituents is 1. The van der Waals surface area contributed by atoms with Gasteiger partial charge in [0.25, 0.3) is 5.69 Å². The molecule has 2 aliphatic heterocycles. The Bertz CT molecular complexity index is 785. The monoisotopic (exact) mass is 425 g/mol. The highest BCUT2D eigenvalue weighted by atomic mass is 32.2. The fraction of sp³-hybridized carbons (Fsp3) is 0.684. The van der Waals surface area contributed by atoms with Gasteiger partial charge in [-0.1, -0.05) is 0 Å². The molecule has 0 radical (unpaired) electrons. The van der Waals surface area contributed by atoms with Crippen molar-refractivity contribution < 1.29 is 13.3 Å². The van der Waals surface area contributed by atoms with Crippen LogP contribution >= 0.6 is 0 Å². The number of likely N-dealkylation sites (N-methyl/N-ethyl adjacent to an activating group) is 2. The molecule has 0 aliphatic carbocycles. The summed E-state index contributed by atoms with van der Waals surface area (Å²) < 4.78 is 26.2. The lowest BCUT2D eigenvalue weighted by Crippen LogP contribution is -2.56. The molecule has 1 aromatic rings. The zero-order valence-corrected chi connectivity index (χ0v) is 18.1. The zero-order valence-electron chi connectivity index (χ0n) is 17.2. The van der Waals surface area contributed by atoms with Crippen LogP contribution in [0.4, 0.5) is 5.69 Å². The van der Waals surface area contributed by atoms with Crippen molar-refractivity contribution in [1.29, 1.82) is 0 Å². The molecule has 0 aromatic heterocycles. The second-order valence-electron chi connectivity index (χ2n) is 8.13. The number of nitro groups is 1. The molecule has 0 spiro atoms. The third-order valence-corrected chi connectivity index (χ3v) is 7.75. The van der Waals surface area contributed by atoms with E-state index in [1.165, 1.54) is 24.3 Å². The largest absolute Gasteiger partial charge is 0.304 e. The van der Waals surface area contributed by atoms with E-state index in [4.69, 9.17) is 0 Å². The first kappa shape index (κ1) is 22.1. The lowest BCUT2D eigenvalue weighted by molar-refractivity contribution is -0.384. The topological polar surface area (TPSA) is 90.2 Å². The van der Waals surface area contributed by atoms with Gasteiger partial charge in [-0.05, 0) is 26.2 Å². The van der Waals surface area contributed by atoms with Gasteiger partial charge in [0.15, 0.2) is 9.84 Å². The van der Waals surface area contributed by atoms with Crippen LogP contribution in [0.5, 0.6) is 0 Å². The fourth-order valence-corrected chi connectivity index (χ4v) is 5.48. The molecule has 0 bridgehead atoms. The van der Waals surface area contributed by atoms with Crippen molar-refractivity contribution in [2.75, 3.05) is 78.8 Å². The van der Waals surface area contributed by atoms with Crippen LogP contribution in [0.2, 0.25) is 0 Å². The summed E-state index contributed by atoms with van der Waals surface area (Å²) in [5.74, 6) is 0.0286. The van der Waals surface area contributed by atoms with E-state index in [1.54, 1.807) is 0 Å². The summed E-state index contributed by atoms with van der Waals surface area (Å²) in [7, 11) is 0.648. The number of nitrogens with zero attached hydrogens (tertiary/aromatic N) is 5. The molecule has 0 N–H and O–H groups in total. The normalized spacial score (nSPS) is 21.9. The van der Waals surface area contributed by atoms with Crippen LogP contribution in [0.3, 0.4) is 0 Å². The minimum atomic E-state index is -3.54. The average Bonchev–Trinajstić information content (AvgIpc) is 2.69. The molecular formula is C19H31N5O4S. The van der Waals surface area contributed by atoms with E-state index in [-0.39, 0.29) is 22.4 Å². The molecule has 3 rings (SSSR count). The SMILES string of the molecule is CN1CCN(C[C@H](CS(=O)(=O)c2ccc([N+](=O)[O-])cc2)N2CCN(C)CC2)CC1. The minimum Gasteiger partial charge on any atom is -0.304 e. The molecular weight excluding hydrogens is 394 g/mol. The molecule has 1 aromatic carbocycles. The van der Waals surface area contributed by atoms with Gasteiger partial charge >= 0.3 is 0 Å². The summed E-state index contributed by atoms with van der Waals surface area (Å²) in [6.07, 6.45) is 0. The van der Waals surface area contributed by atoms with Gasteiger partial charge in [0.2, 0.25) is 0 Å². The van der Waals surface area contributed by atoms with Crippen LogP contribution in [-0.4, -0.2) is 118 Å². The smallest absolute Gasteiger partial charge is 0.269 e. The molecule has 2 aliphatic rings. The highest BCUT2D eigenvalue weighted by molar-refractivity contribution is 7.91. The van der Waals surface area contributed by atoms with Crippen LogP contribution in [0.1, 0.15) is 0 Å².